The molecule has 1 amide bonds. The fourth-order valence-electron chi connectivity index (χ4n) is 0.612. The zero-order valence-corrected chi connectivity index (χ0v) is 7.99. The van der Waals surface area contributed by atoms with E-state index in [0.717, 1.165) is 24.0 Å². The number of nitrogens with one attached hydrogen (secondary N) is 1. The van der Waals surface area contributed by atoms with Crippen molar-refractivity contribution in [2.24, 2.45) is 5.73 Å². The standard InChI is InChI=1S/C7H13BrN2O/c1-6(8)5-10-4-2-3-7(9)11/h10H,1-5H2,(H2,9,11). The van der Waals surface area contributed by atoms with Crippen LogP contribution in [0.5, 0.6) is 0 Å². The Morgan fingerprint density at radius 3 is 2.73 bits per heavy atom. The van der Waals surface area contributed by atoms with Crippen LogP contribution in [0.4, 0.5) is 0 Å². The molecule has 0 aromatic carbocycles. The molecular weight excluding hydrogens is 208 g/mol. The number of primary amides is 1. The minimum atomic E-state index is -0.246. The Morgan fingerprint density at radius 2 is 2.27 bits per heavy atom. The second-order valence-corrected chi connectivity index (χ2v) is 3.39. The van der Waals surface area contributed by atoms with E-state index < -0.39 is 0 Å². The molecule has 0 aliphatic carbocycles. The average Bonchev–Trinajstić information content (AvgIpc) is 1.85. The first kappa shape index (κ1) is 10.7. The fraction of sp³-hybridized carbons (Fsp3) is 0.571. The van der Waals surface area contributed by atoms with Gasteiger partial charge in [0.2, 0.25) is 5.91 Å². The summed E-state index contributed by atoms with van der Waals surface area (Å²) in [5, 5.41) is 3.09. The van der Waals surface area contributed by atoms with Crippen LogP contribution in [0.25, 0.3) is 0 Å². The zero-order valence-electron chi connectivity index (χ0n) is 6.40. The molecule has 0 saturated heterocycles. The van der Waals surface area contributed by atoms with Crippen molar-refractivity contribution in [2.45, 2.75) is 12.8 Å². The molecule has 0 fully saturated rings. The zero-order chi connectivity index (χ0) is 8.69. The number of hydrogen-bond acceptors (Lipinski definition) is 2. The van der Waals surface area contributed by atoms with Crippen LogP contribution in [0, 0.1) is 0 Å². The number of amides is 1. The van der Waals surface area contributed by atoms with E-state index in [4.69, 9.17) is 5.73 Å². The number of halogens is 1. The SMILES string of the molecule is C=C(Br)CNCCCC(N)=O. The molecule has 64 valence electrons. The summed E-state index contributed by atoms with van der Waals surface area (Å²) in [7, 11) is 0. The molecule has 0 rings (SSSR count). The fourth-order valence-corrected chi connectivity index (χ4v) is 0.810. The summed E-state index contributed by atoms with van der Waals surface area (Å²) in [6, 6.07) is 0. The normalized spacial score (nSPS) is 9.55. The molecule has 0 aliphatic heterocycles. The summed E-state index contributed by atoms with van der Waals surface area (Å²) < 4.78 is 0.913. The van der Waals surface area contributed by atoms with Crippen molar-refractivity contribution in [3.8, 4) is 0 Å². The molecule has 4 heteroatoms. The second kappa shape index (κ2) is 6.37. The number of nitrogens with two attached hydrogens (primary N) is 1. The maximum Gasteiger partial charge on any atom is 0.217 e. The Balaban J connectivity index is 3.03. The van der Waals surface area contributed by atoms with Gasteiger partial charge < -0.3 is 11.1 Å². The average molecular weight is 221 g/mol. The van der Waals surface area contributed by atoms with Gasteiger partial charge in [0.15, 0.2) is 0 Å². The van der Waals surface area contributed by atoms with Gasteiger partial charge in [-0.25, -0.2) is 0 Å². The van der Waals surface area contributed by atoms with Gasteiger partial charge in [0.05, 0.1) is 0 Å². The van der Waals surface area contributed by atoms with E-state index in [0.29, 0.717) is 6.42 Å². The van der Waals surface area contributed by atoms with E-state index >= 15 is 0 Å². The van der Waals surface area contributed by atoms with Gasteiger partial charge in [-0.05, 0) is 13.0 Å². The lowest BCUT2D eigenvalue weighted by atomic mass is 10.3. The van der Waals surface area contributed by atoms with Crippen molar-refractivity contribution in [1.29, 1.82) is 0 Å². The quantitative estimate of drug-likeness (QED) is 0.650. The van der Waals surface area contributed by atoms with E-state index in [1.807, 2.05) is 0 Å². The first-order chi connectivity index (χ1) is 5.13. The molecule has 0 heterocycles. The highest BCUT2D eigenvalue weighted by Crippen LogP contribution is 1.96. The van der Waals surface area contributed by atoms with Gasteiger partial charge in [-0.15, -0.1) is 0 Å². The van der Waals surface area contributed by atoms with E-state index in [2.05, 4.69) is 27.8 Å². The Hall–Kier alpha value is -0.350. The van der Waals surface area contributed by atoms with Crippen LogP contribution in [-0.4, -0.2) is 19.0 Å². The number of rotatable bonds is 6. The molecule has 0 radical (unpaired) electrons. The maximum atomic E-state index is 10.3. The molecule has 0 bridgehead atoms. The van der Waals surface area contributed by atoms with Gasteiger partial charge in [-0.2, -0.15) is 0 Å². The van der Waals surface area contributed by atoms with Crippen molar-refractivity contribution in [2.75, 3.05) is 13.1 Å². The smallest absolute Gasteiger partial charge is 0.217 e. The second-order valence-electron chi connectivity index (χ2n) is 2.26. The predicted molar refractivity (Wildman–Crippen MR) is 49.4 cm³/mol. The van der Waals surface area contributed by atoms with Crippen molar-refractivity contribution >= 4 is 21.8 Å². The molecule has 0 aromatic rings. The Morgan fingerprint density at radius 1 is 1.64 bits per heavy atom. The van der Waals surface area contributed by atoms with Crippen molar-refractivity contribution in [1.82, 2.24) is 5.32 Å². The van der Waals surface area contributed by atoms with Crippen LogP contribution in [0.15, 0.2) is 11.1 Å². The highest BCUT2D eigenvalue weighted by atomic mass is 79.9. The Bertz CT molecular complexity index is 131. The summed E-state index contributed by atoms with van der Waals surface area (Å²) in [5.74, 6) is -0.246. The molecule has 0 spiro atoms. The first-order valence-electron chi connectivity index (χ1n) is 3.45. The summed E-state index contributed by atoms with van der Waals surface area (Å²) in [6.45, 7) is 5.18. The Kier molecular flexibility index (Phi) is 6.16. The van der Waals surface area contributed by atoms with Crippen LogP contribution < -0.4 is 11.1 Å². The third-order valence-electron chi connectivity index (χ3n) is 1.09. The third-order valence-corrected chi connectivity index (χ3v) is 1.37. The van der Waals surface area contributed by atoms with Crippen LogP contribution in [0.3, 0.4) is 0 Å². The van der Waals surface area contributed by atoms with Crippen LogP contribution in [-0.2, 0) is 4.79 Å². The topological polar surface area (TPSA) is 55.1 Å². The molecule has 0 aromatic heterocycles. The predicted octanol–water partition coefficient (Wildman–Crippen LogP) is 0.750. The van der Waals surface area contributed by atoms with Crippen molar-refractivity contribution in [3.63, 3.8) is 0 Å². The molecule has 3 N–H and O–H groups in total. The summed E-state index contributed by atoms with van der Waals surface area (Å²) in [4.78, 5) is 10.3. The number of hydrogen-bond donors (Lipinski definition) is 2. The van der Waals surface area contributed by atoms with Gasteiger partial charge in [-0.1, -0.05) is 22.5 Å². The molecule has 3 nitrogen and oxygen atoms in total. The van der Waals surface area contributed by atoms with Crippen LogP contribution in [0.2, 0.25) is 0 Å². The third kappa shape index (κ3) is 9.65. The minimum Gasteiger partial charge on any atom is -0.370 e. The monoisotopic (exact) mass is 220 g/mol. The van der Waals surface area contributed by atoms with Crippen LogP contribution in [0.1, 0.15) is 12.8 Å². The highest BCUT2D eigenvalue weighted by molar-refractivity contribution is 9.11. The summed E-state index contributed by atoms with van der Waals surface area (Å²) >= 11 is 3.21. The van der Waals surface area contributed by atoms with E-state index in [9.17, 15) is 4.79 Å². The summed E-state index contributed by atoms with van der Waals surface area (Å²) in [5.41, 5.74) is 4.94. The summed E-state index contributed by atoms with van der Waals surface area (Å²) in [6.07, 6.45) is 1.23. The lowest BCUT2D eigenvalue weighted by Crippen LogP contribution is -2.19. The van der Waals surface area contributed by atoms with Gasteiger partial charge >= 0.3 is 0 Å². The molecule has 0 atom stereocenters. The number of carbonyl (C=O) groups is 1. The van der Waals surface area contributed by atoms with Crippen LogP contribution >= 0.6 is 15.9 Å². The molecular formula is C7H13BrN2O. The maximum absolute atomic E-state index is 10.3. The lowest BCUT2D eigenvalue weighted by molar-refractivity contribution is -0.118. The Labute approximate surface area is 75.2 Å². The van der Waals surface area contributed by atoms with Gasteiger partial charge in [0.1, 0.15) is 0 Å². The minimum absolute atomic E-state index is 0.246. The molecule has 0 saturated carbocycles. The largest absolute Gasteiger partial charge is 0.370 e. The highest BCUT2D eigenvalue weighted by Gasteiger charge is 1.93. The van der Waals surface area contributed by atoms with E-state index in [1.54, 1.807) is 0 Å². The molecule has 0 aliphatic rings. The van der Waals surface area contributed by atoms with E-state index in [-0.39, 0.29) is 5.91 Å². The first-order valence-corrected chi connectivity index (χ1v) is 4.24. The van der Waals surface area contributed by atoms with Gasteiger partial charge in [0, 0.05) is 17.4 Å². The molecule has 0 unspecified atom stereocenters. The van der Waals surface area contributed by atoms with Gasteiger partial charge in [0.25, 0.3) is 0 Å². The van der Waals surface area contributed by atoms with Gasteiger partial charge in [-0.3, -0.25) is 4.79 Å². The molecule has 11 heavy (non-hydrogen) atoms. The van der Waals surface area contributed by atoms with Crippen molar-refractivity contribution in [3.05, 3.63) is 11.1 Å². The van der Waals surface area contributed by atoms with Crippen molar-refractivity contribution < 1.29 is 4.79 Å². The van der Waals surface area contributed by atoms with E-state index in [1.165, 1.54) is 0 Å². The lowest BCUT2D eigenvalue weighted by Gasteiger charge is -2.00. The number of carbonyl (C=O) groups excluding carboxylic acids is 1.